The Hall–Kier alpha value is -2.06. The molecular weight excluding hydrogens is 370 g/mol. The topological polar surface area (TPSA) is 91.2 Å². The molecule has 2 N–H and O–H groups in total. The van der Waals surface area contributed by atoms with E-state index in [0.717, 1.165) is 23.1 Å². The maximum atomic E-state index is 11.9. The second kappa shape index (κ2) is 7.28. The van der Waals surface area contributed by atoms with Gasteiger partial charge in [-0.25, -0.2) is 14.8 Å². The van der Waals surface area contributed by atoms with Crippen molar-refractivity contribution in [3.05, 3.63) is 34.1 Å². The van der Waals surface area contributed by atoms with Gasteiger partial charge in [-0.05, 0) is 44.2 Å². The molecule has 8 heteroatoms. The molecule has 0 fully saturated rings. The quantitative estimate of drug-likeness (QED) is 0.397. The van der Waals surface area contributed by atoms with E-state index in [1.54, 1.807) is 24.3 Å². The Bertz CT molecular complexity index is 964. The summed E-state index contributed by atoms with van der Waals surface area (Å²) in [5.74, 6) is 1.17. The van der Waals surface area contributed by atoms with Crippen molar-refractivity contribution in [1.29, 1.82) is 0 Å². The molecule has 0 saturated carbocycles. The number of fused-ring (bicyclic) bond motifs is 3. The van der Waals surface area contributed by atoms with Crippen LogP contribution in [-0.2, 0) is 23.3 Å². The number of carbonyl (C=O) groups excluding carboxylic acids is 1. The second-order valence-corrected chi connectivity index (χ2v) is 8.08. The van der Waals surface area contributed by atoms with Crippen molar-refractivity contribution < 1.29 is 13.9 Å². The normalized spacial score (nSPS) is 13.7. The summed E-state index contributed by atoms with van der Waals surface area (Å²) in [6, 6.07) is 1.62. The zero-order valence-corrected chi connectivity index (χ0v) is 16.0. The van der Waals surface area contributed by atoms with Gasteiger partial charge in [0.15, 0.2) is 5.16 Å². The number of ether oxygens (including phenoxy) is 1. The molecule has 0 aromatic carbocycles. The molecule has 1 aliphatic carbocycles. The molecule has 3 heterocycles. The van der Waals surface area contributed by atoms with E-state index in [1.165, 1.54) is 41.3 Å². The van der Waals surface area contributed by atoms with Crippen LogP contribution in [-0.4, -0.2) is 22.5 Å². The number of anilines is 1. The van der Waals surface area contributed by atoms with Crippen molar-refractivity contribution in [3.8, 4) is 0 Å². The lowest BCUT2D eigenvalue weighted by atomic mass is 9.97. The van der Waals surface area contributed by atoms with Crippen molar-refractivity contribution in [2.75, 3.05) is 12.3 Å². The van der Waals surface area contributed by atoms with Crippen LogP contribution in [0, 0.1) is 0 Å². The van der Waals surface area contributed by atoms with Crippen LogP contribution in [0.3, 0.4) is 0 Å². The summed E-state index contributed by atoms with van der Waals surface area (Å²) >= 11 is 3.13. The van der Waals surface area contributed by atoms with E-state index >= 15 is 0 Å². The predicted molar refractivity (Wildman–Crippen MR) is 103 cm³/mol. The number of nitrogens with two attached hydrogens (primary N) is 1. The maximum Gasteiger partial charge on any atom is 0.341 e. The number of thioether (sulfide) groups is 1. The molecule has 0 amide bonds. The maximum absolute atomic E-state index is 11.9. The highest BCUT2D eigenvalue weighted by atomic mass is 32.2. The van der Waals surface area contributed by atoms with E-state index in [1.807, 2.05) is 0 Å². The predicted octanol–water partition coefficient (Wildman–Crippen LogP) is 4.21. The number of furan rings is 1. The number of aryl methyl sites for hydroxylation is 2. The van der Waals surface area contributed by atoms with Gasteiger partial charge >= 0.3 is 5.97 Å². The Morgan fingerprint density at radius 1 is 1.38 bits per heavy atom. The number of nitrogen functional groups attached to an aromatic ring is 1. The molecule has 3 aromatic rings. The van der Waals surface area contributed by atoms with E-state index in [9.17, 15) is 4.79 Å². The fourth-order valence-electron chi connectivity index (χ4n) is 3.20. The highest BCUT2D eigenvalue weighted by Gasteiger charge is 2.21. The van der Waals surface area contributed by atoms with Crippen molar-refractivity contribution in [2.24, 2.45) is 0 Å². The molecule has 1 aliphatic rings. The van der Waals surface area contributed by atoms with Crippen LogP contribution in [0.4, 0.5) is 5.82 Å². The smallest absolute Gasteiger partial charge is 0.341 e. The second-order valence-electron chi connectivity index (χ2n) is 6.05. The van der Waals surface area contributed by atoms with Crippen LogP contribution in [0.5, 0.6) is 0 Å². The summed E-state index contributed by atoms with van der Waals surface area (Å²) in [6.45, 7) is 2.11. The molecule has 0 bridgehead atoms. The molecule has 0 spiro atoms. The average Bonchev–Trinajstić information content (AvgIpc) is 3.24. The number of thiophene rings is 1. The van der Waals surface area contributed by atoms with Crippen molar-refractivity contribution >= 4 is 45.1 Å². The van der Waals surface area contributed by atoms with Gasteiger partial charge in [-0.3, -0.25) is 0 Å². The number of hydrogen-bond acceptors (Lipinski definition) is 8. The molecule has 4 rings (SSSR count). The summed E-state index contributed by atoms with van der Waals surface area (Å²) in [5.41, 5.74) is 8.02. The summed E-state index contributed by atoms with van der Waals surface area (Å²) in [6.07, 6.45) is 6.08. The van der Waals surface area contributed by atoms with Crippen LogP contribution >= 0.6 is 23.1 Å². The number of carbonyl (C=O) groups is 1. The lowest BCUT2D eigenvalue weighted by Crippen LogP contribution is -2.05. The van der Waals surface area contributed by atoms with Gasteiger partial charge in [0.2, 0.25) is 0 Å². The first-order valence-corrected chi connectivity index (χ1v) is 10.4. The summed E-state index contributed by atoms with van der Waals surface area (Å²) in [7, 11) is 0. The highest BCUT2D eigenvalue weighted by molar-refractivity contribution is 7.98. The number of nitrogens with zero attached hydrogens (tertiary/aromatic N) is 2. The van der Waals surface area contributed by atoms with Gasteiger partial charge in [-0.2, -0.15) is 0 Å². The first-order chi connectivity index (χ1) is 12.7. The molecule has 0 aliphatic heterocycles. The van der Waals surface area contributed by atoms with E-state index in [4.69, 9.17) is 14.9 Å². The molecular formula is C18H19N3O3S2. The third-order valence-corrected chi connectivity index (χ3v) is 6.43. The number of hydrogen-bond donors (Lipinski definition) is 1. The summed E-state index contributed by atoms with van der Waals surface area (Å²) < 4.78 is 10.5. The third-order valence-electron chi connectivity index (χ3n) is 4.40. The van der Waals surface area contributed by atoms with E-state index < -0.39 is 0 Å². The van der Waals surface area contributed by atoms with Crippen molar-refractivity contribution in [3.63, 3.8) is 0 Å². The Morgan fingerprint density at radius 3 is 3.08 bits per heavy atom. The highest BCUT2D eigenvalue weighted by Crippen LogP contribution is 2.38. The zero-order chi connectivity index (χ0) is 18.1. The number of aromatic nitrogens is 2. The summed E-state index contributed by atoms with van der Waals surface area (Å²) in [4.78, 5) is 23.4. The average molecular weight is 390 g/mol. The molecule has 0 saturated heterocycles. The lowest BCUT2D eigenvalue weighted by molar-refractivity contribution is 0.0524. The standard InChI is InChI=1S/C18H19N3O3S2/c1-2-23-17(22)10-7-8-24-12(10)9-25-18-20-15(19)14-11-5-3-4-6-13(11)26-16(14)21-18/h7-8H,2-6,9H2,1H3,(H2,19,20,21). The first kappa shape index (κ1) is 17.4. The van der Waals surface area contributed by atoms with Gasteiger partial charge in [0.1, 0.15) is 22.0 Å². The molecule has 136 valence electrons. The Labute approximate surface area is 159 Å². The number of esters is 1. The molecule has 0 atom stereocenters. The third kappa shape index (κ3) is 3.19. The van der Waals surface area contributed by atoms with E-state index in [0.29, 0.717) is 34.7 Å². The minimum absolute atomic E-state index is 0.329. The van der Waals surface area contributed by atoms with Crippen LogP contribution in [0.15, 0.2) is 21.9 Å². The van der Waals surface area contributed by atoms with Gasteiger partial charge in [-0.15, -0.1) is 11.3 Å². The minimum atomic E-state index is -0.376. The minimum Gasteiger partial charge on any atom is -0.468 e. The lowest BCUT2D eigenvalue weighted by Gasteiger charge is -2.10. The van der Waals surface area contributed by atoms with Gasteiger partial charge in [-0.1, -0.05) is 11.8 Å². The van der Waals surface area contributed by atoms with Crippen LogP contribution in [0.1, 0.15) is 46.3 Å². The molecule has 6 nitrogen and oxygen atoms in total. The monoisotopic (exact) mass is 389 g/mol. The first-order valence-electron chi connectivity index (χ1n) is 8.61. The van der Waals surface area contributed by atoms with E-state index in [-0.39, 0.29) is 5.97 Å². The fraction of sp³-hybridized carbons (Fsp3) is 0.389. The van der Waals surface area contributed by atoms with Gasteiger partial charge in [0.05, 0.1) is 24.0 Å². The Morgan fingerprint density at radius 2 is 2.23 bits per heavy atom. The SMILES string of the molecule is CCOC(=O)c1ccoc1CSc1nc(N)c2c3c(sc2n1)CCCC3. The molecule has 3 aromatic heterocycles. The van der Waals surface area contributed by atoms with Crippen LogP contribution < -0.4 is 5.73 Å². The zero-order valence-electron chi connectivity index (χ0n) is 14.4. The molecule has 0 radical (unpaired) electrons. The van der Waals surface area contributed by atoms with Gasteiger partial charge < -0.3 is 14.9 Å². The van der Waals surface area contributed by atoms with Crippen LogP contribution in [0.2, 0.25) is 0 Å². The van der Waals surface area contributed by atoms with Crippen molar-refractivity contribution in [1.82, 2.24) is 9.97 Å². The Balaban J connectivity index is 1.57. The molecule has 0 unspecified atom stereocenters. The van der Waals surface area contributed by atoms with Crippen LogP contribution in [0.25, 0.3) is 10.2 Å². The number of rotatable bonds is 5. The van der Waals surface area contributed by atoms with Crippen molar-refractivity contribution in [2.45, 2.75) is 43.5 Å². The van der Waals surface area contributed by atoms with Gasteiger partial charge in [0, 0.05) is 4.88 Å². The van der Waals surface area contributed by atoms with E-state index in [2.05, 4.69) is 9.97 Å². The van der Waals surface area contributed by atoms with Gasteiger partial charge in [0.25, 0.3) is 0 Å². The fourth-order valence-corrected chi connectivity index (χ4v) is 5.33. The largest absolute Gasteiger partial charge is 0.468 e. The Kier molecular flexibility index (Phi) is 4.86. The molecule has 26 heavy (non-hydrogen) atoms. The summed E-state index contributed by atoms with van der Waals surface area (Å²) in [5, 5.41) is 1.62.